The number of halogens is 1. The van der Waals surface area contributed by atoms with Crippen LogP contribution in [0.2, 0.25) is 0 Å². The van der Waals surface area contributed by atoms with Gasteiger partial charge in [-0.25, -0.2) is 4.79 Å². The summed E-state index contributed by atoms with van der Waals surface area (Å²) in [6, 6.07) is 0.345. The molecule has 6 nitrogen and oxygen atoms in total. The summed E-state index contributed by atoms with van der Waals surface area (Å²) in [6.45, 7) is 2.64. The number of urea groups is 1. The Morgan fingerprint density at radius 3 is 2.85 bits per heavy atom. The molecule has 3 unspecified atom stereocenters. The maximum atomic E-state index is 12.5. The van der Waals surface area contributed by atoms with E-state index in [1.54, 1.807) is 0 Å². The molecule has 0 bridgehead atoms. The van der Waals surface area contributed by atoms with Crippen molar-refractivity contribution in [1.82, 2.24) is 15.1 Å². The maximum absolute atomic E-state index is 12.5. The van der Waals surface area contributed by atoms with E-state index in [4.69, 9.17) is 5.73 Å². The Bertz CT molecular complexity index is 393. The number of fused-ring (bicyclic) bond motifs is 1. The molecule has 114 valence electrons. The van der Waals surface area contributed by atoms with E-state index < -0.39 is 0 Å². The molecule has 3 aliphatic rings. The topological polar surface area (TPSA) is 78.7 Å². The van der Waals surface area contributed by atoms with Gasteiger partial charge < -0.3 is 20.9 Å². The number of amides is 3. The largest absolute Gasteiger partial charge is 0.339 e. The molecule has 3 atom stereocenters. The number of nitrogens with zero attached hydrogens (tertiary/aromatic N) is 2. The molecule has 1 aliphatic carbocycles. The van der Waals surface area contributed by atoms with Gasteiger partial charge in [0.25, 0.3) is 0 Å². The Balaban J connectivity index is 0.00000147. The molecular weight excluding hydrogens is 280 g/mol. The number of hydrogen-bond donors (Lipinski definition) is 2. The monoisotopic (exact) mass is 302 g/mol. The highest BCUT2D eigenvalue weighted by atomic mass is 35.5. The van der Waals surface area contributed by atoms with Gasteiger partial charge in [0.2, 0.25) is 5.91 Å². The summed E-state index contributed by atoms with van der Waals surface area (Å²) < 4.78 is 0. The molecule has 20 heavy (non-hydrogen) atoms. The minimum Gasteiger partial charge on any atom is -0.339 e. The normalized spacial score (nSPS) is 33.2. The van der Waals surface area contributed by atoms with Gasteiger partial charge in [0.15, 0.2) is 0 Å². The number of nitrogens with two attached hydrogens (primary N) is 1. The summed E-state index contributed by atoms with van der Waals surface area (Å²) in [5.41, 5.74) is 5.96. The Hall–Kier alpha value is -1.01. The average molecular weight is 303 g/mol. The molecule has 2 aliphatic heterocycles. The first kappa shape index (κ1) is 15.4. The lowest BCUT2D eigenvalue weighted by Gasteiger charge is -2.39. The van der Waals surface area contributed by atoms with Crippen molar-refractivity contribution in [2.24, 2.45) is 11.7 Å². The van der Waals surface area contributed by atoms with Crippen LogP contribution < -0.4 is 11.1 Å². The SMILES string of the molecule is Cl.NC1CCCC(C(=O)N2CCN3C(=O)NCC3C2)C1. The van der Waals surface area contributed by atoms with Crippen molar-refractivity contribution in [2.45, 2.75) is 37.8 Å². The van der Waals surface area contributed by atoms with Crippen molar-refractivity contribution in [3.05, 3.63) is 0 Å². The number of hydrogen-bond acceptors (Lipinski definition) is 3. The Kier molecular flexibility index (Phi) is 4.75. The first-order chi connectivity index (χ1) is 9.15. The van der Waals surface area contributed by atoms with Crippen molar-refractivity contribution >= 4 is 24.3 Å². The van der Waals surface area contributed by atoms with Crippen LogP contribution >= 0.6 is 12.4 Å². The van der Waals surface area contributed by atoms with Crippen molar-refractivity contribution in [2.75, 3.05) is 26.2 Å². The molecule has 0 radical (unpaired) electrons. The fourth-order valence-corrected chi connectivity index (χ4v) is 3.51. The molecule has 3 fully saturated rings. The van der Waals surface area contributed by atoms with Crippen LogP contribution in [-0.2, 0) is 4.79 Å². The molecule has 2 heterocycles. The number of carbonyl (C=O) groups is 2. The van der Waals surface area contributed by atoms with Crippen LogP contribution in [0, 0.1) is 5.92 Å². The molecule has 2 saturated heterocycles. The Labute approximate surface area is 125 Å². The number of rotatable bonds is 1. The predicted molar refractivity (Wildman–Crippen MR) is 77.7 cm³/mol. The summed E-state index contributed by atoms with van der Waals surface area (Å²) in [7, 11) is 0. The summed E-state index contributed by atoms with van der Waals surface area (Å²) in [6.07, 6.45) is 3.88. The molecule has 0 aromatic heterocycles. The lowest BCUT2D eigenvalue weighted by atomic mass is 9.85. The number of carbonyl (C=O) groups excluding carboxylic acids is 2. The smallest absolute Gasteiger partial charge is 0.317 e. The Morgan fingerprint density at radius 1 is 1.30 bits per heavy atom. The van der Waals surface area contributed by atoms with Crippen LogP contribution in [-0.4, -0.2) is 60.0 Å². The van der Waals surface area contributed by atoms with E-state index in [1.807, 2.05) is 9.80 Å². The zero-order valence-corrected chi connectivity index (χ0v) is 12.4. The lowest BCUT2D eigenvalue weighted by Crippen LogP contribution is -2.55. The fourth-order valence-electron chi connectivity index (χ4n) is 3.51. The molecule has 3 rings (SSSR count). The minimum atomic E-state index is 0. The van der Waals surface area contributed by atoms with Crippen LogP contribution in [0.15, 0.2) is 0 Å². The second kappa shape index (κ2) is 6.18. The third-order valence-electron chi connectivity index (χ3n) is 4.61. The van der Waals surface area contributed by atoms with Gasteiger partial charge in [-0.05, 0) is 19.3 Å². The standard InChI is InChI=1S/C13H22N4O2.ClH/c14-10-3-1-2-9(6-10)12(18)16-4-5-17-11(8-16)7-15-13(17)19;/h9-11H,1-8,14H2,(H,15,19);1H. The zero-order chi connectivity index (χ0) is 13.4. The Morgan fingerprint density at radius 2 is 2.10 bits per heavy atom. The van der Waals surface area contributed by atoms with Gasteiger partial charge in [-0.1, -0.05) is 6.42 Å². The zero-order valence-electron chi connectivity index (χ0n) is 11.6. The van der Waals surface area contributed by atoms with E-state index in [0.29, 0.717) is 26.2 Å². The quantitative estimate of drug-likeness (QED) is 0.724. The molecule has 0 spiro atoms. The van der Waals surface area contributed by atoms with Crippen molar-refractivity contribution in [3.8, 4) is 0 Å². The van der Waals surface area contributed by atoms with E-state index >= 15 is 0 Å². The highest BCUT2D eigenvalue weighted by molar-refractivity contribution is 5.85. The van der Waals surface area contributed by atoms with Gasteiger partial charge in [0, 0.05) is 38.1 Å². The molecule has 7 heteroatoms. The highest BCUT2D eigenvalue weighted by Crippen LogP contribution is 2.26. The molecule has 1 saturated carbocycles. The van der Waals surface area contributed by atoms with E-state index in [1.165, 1.54) is 0 Å². The fraction of sp³-hybridized carbons (Fsp3) is 0.846. The van der Waals surface area contributed by atoms with Crippen molar-refractivity contribution in [3.63, 3.8) is 0 Å². The van der Waals surface area contributed by atoms with E-state index in [-0.39, 0.29) is 42.3 Å². The first-order valence-corrected chi connectivity index (χ1v) is 7.24. The second-order valence-electron chi connectivity index (χ2n) is 5.94. The van der Waals surface area contributed by atoms with Gasteiger partial charge in [0.05, 0.1) is 6.04 Å². The van der Waals surface area contributed by atoms with Crippen LogP contribution in [0.5, 0.6) is 0 Å². The van der Waals surface area contributed by atoms with Crippen LogP contribution in [0.1, 0.15) is 25.7 Å². The molecule has 0 aromatic rings. The average Bonchev–Trinajstić information content (AvgIpc) is 2.79. The summed E-state index contributed by atoms with van der Waals surface area (Å²) in [4.78, 5) is 27.8. The van der Waals surface area contributed by atoms with Gasteiger partial charge in [0.1, 0.15) is 0 Å². The third kappa shape index (κ3) is 2.86. The molecule has 3 amide bonds. The molecular formula is C13H23ClN4O2. The lowest BCUT2D eigenvalue weighted by molar-refractivity contribution is -0.138. The van der Waals surface area contributed by atoms with Gasteiger partial charge in [-0.15, -0.1) is 12.4 Å². The maximum Gasteiger partial charge on any atom is 0.317 e. The van der Waals surface area contributed by atoms with E-state index in [0.717, 1.165) is 25.7 Å². The first-order valence-electron chi connectivity index (χ1n) is 7.24. The number of piperazine rings is 1. The van der Waals surface area contributed by atoms with Gasteiger partial charge in [-0.3, -0.25) is 4.79 Å². The van der Waals surface area contributed by atoms with Crippen LogP contribution in [0.3, 0.4) is 0 Å². The van der Waals surface area contributed by atoms with Gasteiger partial charge in [-0.2, -0.15) is 0 Å². The molecule has 0 aromatic carbocycles. The summed E-state index contributed by atoms with van der Waals surface area (Å²) >= 11 is 0. The number of nitrogens with one attached hydrogen (secondary N) is 1. The van der Waals surface area contributed by atoms with E-state index in [9.17, 15) is 9.59 Å². The molecule has 3 N–H and O–H groups in total. The summed E-state index contributed by atoms with van der Waals surface area (Å²) in [5, 5.41) is 2.84. The van der Waals surface area contributed by atoms with Crippen molar-refractivity contribution in [1.29, 1.82) is 0 Å². The van der Waals surface area contributed by atoms with E-state index in [2.05, 4.69) is 5.32 Å². The van der Waals surface area contributed by atoms with Crippen LogP contribution in [0.4, 0.5) is 4.79 Å². The van der Waals surface area contributed by atoms with Crippen LogP contribution in [0.25, 0.3) is 0 Å². The summed E-state index contributed by atoms with van der Waals surface area (Å²) in [5.74, 6) is 0.342. The minimum absolute atomic E-state index is 0. The predicted octanol–water partition coefficient (Wildman–Crippen LogP) is 0.162. The third-order valence-corrected chi connectivity index (χ3v) is 4.61. The second-order valence-corrected chi connectivity index (χ2v) is 5.94. The highest BCUT2D eigenvalue weighted by Gasteiger charge is 2.38. The van der Waals surface area contributed by atoms with Gasteiger partial charge >= 0.3 is 6.03 Å². The van der Waals surface area contributed by atoms with Crippen molar-refractivity contribution < 1.29 is 9.59 Å².